The Hall–Kier alpha value is -0.790. The van der Waals surface area contributed by atoms with E-state index in [9.17, 15) is 0 Å². The molecular weight excluding hydrogens is 570 g/mol. The van der Waals surface area contributed by atoms with Gasteiger partial charge in [0.15, 0.2) is 12.7 Å². The zero-order chi connectivity index (χ0) is 26.9. The lowest BCUT2D eigenvalue weighted by atomic mass is 10.0. The van der Waals surface area contributed by atoms with Gasteiger partial charge in [0.05, 0.1) is 25.2 Å². The summed E-state index contributed by atoms with van der Waals surface area (Å²) in [5, 5.41) is 2.10. The van der Waals surface area contributed by atoms with Crippen LogP contribution in [0.25, 0.3) is 0 Å². The van der Waals surface area contributed by atoms with Crippen molar-refractivity contribution in [2.24, 2.45) is 0 Å². The highest BCUT2D eigenvalue weighted by Crippen LogP contribution is 2.14. The summed E-state index contributed by atoms with van der Waals surface area (Å²) in [6, 6.07) is 8.62. The van der Waals surface area contributed by atoms with Crippen LogP contribution in [0.4, 0.5) is 0 Å². The van der Waals surface area contributed by atoms with Crippen molar-refractivity contribution in [3.8, 4) is 0 Å². The average molecular weight is 627 g/mol. The number of nitrogens with zero attached hydrogens (tertiary/aromatic N) is 1. The van der Waals surface area contributed by atoms with Gasteiger partial charge in [-0.3, -0.25) is 0 Å². The summed E-state index contributed by atoms with van der Waals surface area (Å²) < 4.78 is 19.6. The summed E-state index contributed by atoms with van der Waals surface area (Å²) in [4.78, 5) is 0. The quantitative estimate of drug-likeness (QED) is 0.0964. The maximum atomic E-state index is 5.94. The molecule has 0 aliphatic rings. The summed E-state index contributed by atoms with van der Waals surface area (Å²) in [5.41, 5.74) is 4.62. The molecule has 1 atom stereocenters. The Labute approximate surface area is 254 Å². The molecule has 224 valence electrons. The van der Waals surface area contributed by atoms with Crippen LogP contribution in [0.15, 0.2) is 41.4 Å². The minimum atomic E-state index is -0.0133. The number of benzene rings is 1. The highest BCUT2D eigenvalue weighted by atomic mass is 79.9. The van der Waals surface area contributed by atoms with E-state index >= 15 is 0 Å². The number of hydrogen-bond donors (Lipinski definition) is 0. The van der Waals surface area contributed by atoms with Gasteiger partial charge >= 0.3 is 0 Å². The molecule has 0 aliphatic heterocycles. The highest BCUT2D eigenvalue weighted by Gasteiger charge is 2.09. The lowest BCUT2D eigenvalue weighted by Crippen LogP contribution is -3.00. The van der Waals surface area contributed by atoms with E-state index in [1.54, 1.807) is 18.4 Å². The van der Waals surface area contributed by atoms with Gasteiger partial charge in [-0.1, -0.05) is 133 Å². The fourth-order valence-corrected chi connectivity index (χ4v) is 5.44. The molecule has 1 aromatic heterocycles. The van der Waals surface area contributed by atoms with Crippen LogP contribution in [-0.2, 0) is 27.4 Å². The normalized spacial score (nSPS) is 11.9. The van der Waals surface area contributed by atoms with E-state index in [2.05, 4.69) is 52.8 Å². The SMILES string of the molecule is CCCCCCCCCCCCCCCCCCOCC(COCc1cccc(C[n+]2ccsc2)c1)OC.[Br-]. The topological polar surface area (TPSA) is 31.6 Å². The Bertz CT molecular complexity index is 774. The van der Waals surface area contributed by atoms with Crippen LogP contribution in [0.1, 0.15) is 121 Å². The van der Waals surface area contributed by atoms with Gasteiger partial charge in [-0.2, -0.15) is 4.57 Å². The first-order chi connectivity index (χ1) is 18.8. The standard InChI is InChI=1S/C33H56NO3S.BrH/c1-3-4-5-6-7-8-9-10-11-12-13-14-15-16-17-18-23-36-28-33(35-2)29-37-27-32-21-19-20-31(25-32)26-34-22-24-38-30-34;/h19-22,24-25,30,33H,3-18,23,26-29H2,1-2H3;1H/q+1;/p-1. The molecule has 39 heavy (non-hydrogen) atoms. The molecule has 1 unspecified atom stereocenters. The molecule has 0 radical (unpaired) electrons. The second kappa shape index (κ2) is 26.1. The number of thiazole rings is 1. The molecule has 1 heterocycles. The number of unbranched alkanes of at least 4 members (excludes halogenated alkanes) is 15. The zero-order valence-electron chi connectivity index (χ0n) is 24.9. The Balaban J connectivity index is 0.00000760. The number of ether oxygens (including phenoxy) is 3. The molecule has 0 fully saturated rings. The number of halogens is 1. The zero-order valence-corrected chi connectivity index (χ0v) is 27.3. The lowest BCUT2D eigenvalue weighted by Gasteiger charge is -2.16. The molecule has 4 nitrogen and oxygen atoms in total. The van der Waals surface area contributed by atoms with Crippen molar-refractivity contribution in [1.29, 1.82) is 0 Å². The van der Waals surface area contributed by atoms with Crippen molar-refractivity contribution >= 4 is 11.3 Å². The van der Waals surface area contributed by atoms with Crippen LogP contribution in [0, 0.1) is 0 Å². The second-order valence-electron chi connectivity index (χ2n) is 10.8. The highest BCUT2D eigenvalue weighted by molar-refractivity contribution is 7.07. The van der Waals surface area contributed by atoms with Crippen molar-refractivity contribution in [1.82, 2.24) is 0 Å². The molecule has 1 aromatic carbocycles. The summed E-state index contributed by atoms with van der Waals surface area (Å²) >= 11 is 1.71. The van der Waals surface area contributed by atoms with Crippen LogP contribution in [0.3, 0.4) is 0 Å². The summed E-state index contributed by atoms with van der Waals surface area (Å²) in [6.45, 7) is 5.76. The molecule has 0 saturated heterocycles. The monoisotopic (exact) mass is 625 g/mol. The van der Waals surface area contributed by atoms with Gasteiger partial charge in [0.25, 0.3) is 0 Å². The molecule has 0 aliphatic carbocycles. The van der Waals surface area contributed by atoms with E-state index < -0.39 is 0 Å². The third-order valence-corrected chi connectivity index (χ3v) is 7.91. The van der Waals surface area contributed by atoms with E-state index in [-0.39, 0.29) is 23.1 Å². The molecule has 0 spiro atoms. The number of rotatable bonds is 26. The molecule has 0 amide bonds. The van der Waals surface area contributed by atoms with Gasteiger partial charge in [-0.05, 0) is 18.1 Å². The molecule has 0 bridgehead atoms. The maximum absolute atomic E-state index is 5.94. The maximum Gasteiger partial charge on any atom is 0.224 e. The smallest absolute Gasteiger partial charge is 0.224 e. The third kappa shape index (κ3) is 19.8. The van der Waals surface area contributed by atoms with Crippen molar-refractivity contribution < 1.29 is 35.8 Å². The van der Waals surface area contributed by atoms with Crippen LogP contribution in [0.5, 0.6) is 0 Å². The molecule has 2 aromatic rings. The van der Waals surface area contributed by atoms with E-state index in [1.165, 1.54) is 107 Å². The van der Waals surface area contributed by atoms with Gasteiger partial charge < -0.3 is 31.2 Å². The average Bonchev–Trinajstić information content (AvgIpc) is 3.44. The second-order valence-corrected chi connectivity index (χ2v) is 11.5. The fraction of sp³-hybridized carbons (Fsp3) is 0.727. The fourth-order valence-electron chi connectivity index (χ4n) is 4.84. The minimum absolute atomic E-state index is 0. The Morgan fingerprint density at radius 1 is 0.744 bits per heavy atom. The molecule has 2 rings (SSSR count). The molecule has 0 N–H and O–H groups in total. The minimum Gasteiger partial charge on any atom is -1.00 e. The van der Waals surface area contributed by atoms with Gasteiger partial charge in [0.2, 0.25) is 5.51 Å². The van der Waals surface area contributed by atoms with Gasteiger partial charge in [0.1, 0.15) is 6.10 Å². The third-order valence-electron chi connectivity index (χ3n) is 7.24. The number of aromatic nitrogens is 1. The van der Waals surface area contributed by atoms with Gasteiger partial charge in [-0.25, -0.2) is 0 Å². The summed E-state index contributed by atoms with van der Waals surface area (Å²) in [5.74, 6) is 0. The van der Waals surface area contributed by atoms with E-state index in [0.29, 0.717) is 19.8 Å². The number of hydrogen-bond acceptors (Lipinski definition) is 4. The van der Waals surface area contributed by atoms with Gasteiger partial charge in [-0.15, -0.1) is 0 Å². The van der Waals surface area contributed by atoms with Crippen molar-refractivity contribution in [3.05, 3.63) is 52.5 Å². The Kier molecular flexibility index (Phi) is 24.3. The molecule has 0 saturated carbocycles. The van der Waals surface area contributed by atoms with Crippen molar-refractivity contribution in [2.75, 3.05) is 26.9 Å². The van der Waals surface area contributed by atoms with E-state index in [4.69, 9.17) is 14.2 Å². The Morgan fingerprint density at radius 2 is 1.31 bits per heavy atom. The predicted octanol–water partition coefficient (Wildman–Crippen LogP) is 5.90. The van der Waals surface area contributed by atoms with Crippen molar-refractivity contribution in [2.45, 2.75) is 129 Å². The van der Waals surface area contributed by atoms with Gasteiger partial charge in [0, 0.05) is 19.3 Å². The Morgan fingerprint density at radius 3 is 1.87 bits per heavy atom. The van der Waals surface area contributed by atoms with Crippen LogP contribution >= 0.6 is 11.3 Å². The van der Waals surface area contributed by atoms with Crippen LogP contribution in [-0.4, -0.2) is 33.0 Å². The first-order valence-electron chi connectivity index (χ1n) is 15.5. The summed E-state index contributed by atoms with van der Waals surface area (Å²) in [7, 11) is 1.74. The van der Waals surface area contributed by atoms with Crippen LogP contribution in [0.2, 0.25) is 0 Å². The van der Waals surface area contributed by atoms with Crippen molar-refractivity contribution in [3.63, 3.8) is 0 Å². The first-order valence-corrected chi connectivity index (χ1v) is 16.4. The molecular formula is C33H56BrNO3S. The lowest BCUT2D eigenvalue weighted by molar-refractivity contribution is -0.683. The number of methoxy groups -OCH3 is 1. The predicted molar refractivity (Wildman–Crippen MR) is 161 cm³/mol. The largest absolute Gasteiger partial charge is 1.00 e. The van der Waals surface area contributed by atoms with E-state index in [0.717, 1.165) is 19.6 Å². The first kappa shape index (κ1) is 36.2. The molecule has 6 heteroatoms. The summed E-state index contributed by atoms with van der Waals surface area (Å²) in [6.07, 6.45) is 24.4. The van der Waals surface area contributed by atoms with Crippen LogP contribution < -0.4 is 21.5 Å². The van der Waals surface area contributed by atoms with E-state index in [1.807, 2.05) is 0 Å².